The van der Waals surface area contributed by atoms with Crippen LogP contribution in [0, 0.1) is 4.78 Å². The zero-order valence-electron chi connectivity index (χ0n) is 18.4. The van der Waals surface area contributed by atoms with Crippen molar-refractivity contribution in [3.05, 3.63) is 41.6 Å². The van der Waals surface area contributed by atoms with Crippen molar-refractivity contribution in [2.45, 2.75) is 50.2 Å². The van der Waals surface area contributed by atoms with E-state index in [1.165, 1.54) is 0 Å². The number of hydrogen-bond donors (Lipinski definition) is 3. The van der Waals surface area contributed by atoms with E-state index in [-0.39, 0.29) is 12.0 Å². The van der Waals surface area contributed by atoms with Gasteiger partial charge in [0.25, 0.3) is 0 Å². The molecule has 0 bridgehead atoms. The van der Waals surface area contributed by atoms with Gasteiger partial charge >= 0.3 is 6.01 Å². The summed E-state index contributed by atoms with van der Waals surface area (Å²) < 4.78 is 16.1. The fourth-order valence-electron chi connectivity index (χ4n) is 3.75. The third kappa shape index (κ3) is 4.61. The zero-order valence-corrected chi connectivity index (χ0v) is 19.2. The minimum Gasteiger partial charge on any atom is -0.459 e. The molecule has 2 aromatic heterocycles. The number of carbonyl (C=O) groups is 1. The second kappa shape index (κ2) is 9.25. The van der Waals surface area contributed by atoms with Crippen LogP contribution in [0.15, 0.2) is 35.4 Å². The number of nitrogens with one attached hydrogen (secondary N) is 3. The molecular formula is C22H29N7O2S. The average molecular weight is 456 g/mol. The van der Waals surface area contributed by atoms with Crippen LogP contribution in [0.5, 0.6) is 6.01 Å². The summed E-state index contributed by atoms with van der Waals surface area (Å²) in [5.74, 6) is 4.55. The molecule has 0 aliphatic carbocycles. The molecule has 10 heteroatoms. The van der Waals surface area contributed by atoms with Gasteiger partial charge in [0, 0.05) is 23.5 Å². The molecular weight excluding hydrogens is 426 g/mol. The first-order valence-corrected chi connectivity index (χ1v) is 12.6. The van der Waals surface area contributed by atoms with E-state index in [0.29, 0.717) is 34.7 Å². The summed E-state index contributed by atoms with van der Waals surface area (Å²) in [4.78, 5) is 21.3. The van der Waals surface area contributed by atoms with Gasteiger partial charge in [0.15, 0.2) is 11.3 Å². The Kier molecular flexibility index (Phi) is 6.43. The van der Waals surface area contributed by atoms with Crippen molar-refractivity contribution >= 4 is 32.5 Å². The molecule has 0 spiro atoms. The normalized spacial score (nSPS) is 18.4. The van der Waals surface area contributed by atoms with Crippen LogP contribution in [-0.2, 0) is 20.8 Å². The number of benzene rings is 1. The first-order chi connectivity index (χ1) is 15.4. The van der Waals surface area contributed by atoms with Gasteiger partial charge < -0.3 is 15.4 Å². The molecule has 0 radical (unpaired) electrons. The Morgan fingerprint density at radius 3 is 2.94 bits per heavy atom. The highest BCUT2D eigenvalue weighted by atomic mass is 32.2. The fraction of sp³-hybridized carbons (Fsp3) is 0.409. The molecule has 32 heavy (non-hydrogen) atoms. The van der Waals surface area contributed by atoms with Crippen molar-refractivity contribution in [1.29, 1.82) is 4.78 Å². The summed E-state index contributed by atoms with van der Waals surface area (Å²) in [6.07, 6.45) is 3.84. The molecule has 0 amide bonds. The standard InChI is InChI=1S/C22H29N7O2S/c1-15(2)18-13-26-29-20(18)27-22(31-17-8-6-10-24-12-17)28-21(29)25-11-16-7-4-5-9-19(16)32(3,23)14-30/h4-5,7,9,13-15,17,23-24H,3,6,8,10-12H2,1-2H3,(H,25,27,28). The van der Waals surface area contributed by atoms with E-state index < -0.39 is 9.41 Å². The molecule has 1 aliphatic heterocycles. The molecule has 2 atom stereocenters. The second-order valence-corrected chi connectivity index (χ2v) is 10.5. The van der Waals surface area contributed by atoms with Crippen molar-refractivity contribution in [2.75, 3.05) is 18.4 Å². The molecule has 4 rings (SSSR count). The van der Waals surface area contributed by atoms with Crippen molar-refractivity contribution in [1.82, 2.24) is 24.9 Å². The van der Waals surface area contributed by atoms with E-state index in [2.05, 4.69) is 45.4 Å². The van der Waals surface area contributed by atoms with Gasteiger partial charge in [0.1, 0.15) is 6.10 Å². The van der Waals surface area contributed by atoms with Gasteiger partial charge in [0.2, 0.25) is 5.95 Å². The van der Waals surface area contributed by atoms with Crippen LogP contribution in [0.25, 0.3) is 5.65 Å². The summed E-state index contributed by atoms with van der Waals surface area (Å²) >= 11 is 0. The lowest BCUT2D eigenvalue weighted by molar-refractivity contribution is 0.153. The van der Waals surface area contributed by atoms with Gasteiger partial charge in [-0.15, -0.1) is 0 Å². The minimum atomic E-state index is -2.52. The van der Waals surface area contributed by atoms with E-state index in [0.717, 1.165) is 37.1 Å². The Labute approximate surface area is 188 Å². The number of fused-ring (bicyclic) bond motifs is 1. The van der Waals surface area contributed by atoms with Gasteiger partial charge in [-0.3, -0.25) is 9.57 Å². The lowest BCUT2D eigenvalue weighted by Crippen LogP contribution is -2.37. The first kappa shape index (κ1) is 22.2. The minimum absolute atomic E-state index is 0.0245. The van der Waals surface area contributed by atoms with Gasteiger partial charge in [-0.1, -0.05) is 47.3 Å². The molecule has 2 unspecified atom stereocenters. The monoisotopic (exact) mass is 455 g/mol. The molecule has 3 N–H and O–H groups in total. The number of rotatable bonds is 8. The quantitative estimate of drug-likeness (QED) is 0.353. The molecule has 3 aromatic rings. The lowest BCUT2D eigenvalue weighted by atomic mass is 10.1. The summed E-state index contributed by atoms with van der Waals surface area (Å²) in [6.45, 7) is 6.32. The van der Waals surface area contributed by atoms with Crippen LogP contribution in [-0.4, -0.2) is 50.3 Å². The van der Waals surface area contributed by atoms with Crippen LogP contribution in [0.2, 0.25) is 0 Å². The van der Waals surface area contributed by atoms with Crippen molar-refractivity contribution in [3.8, 4) is 6.01 Å². The number of ether oxygens (including phenoxy) is 1. The van der Waals surface area contributed by atoms with E-state index in [9.17, 15) is 4.79 Å². The number of anilines is 1. The molecule has 1 fully saturated rings. The Balaban J connectivity index is 1.68. The van der Waals surface area contributed by atoms with E-state index in [1.807, 2.05) is 18.2 Å². The summed E-state index contributed by atoms with van der Waals surface area (Å²) in [7, 11) is -2.52. The Morgan fingerprint density at radius 1 is 1.41 bits per heavy atom. The number of aromatic nitrogens is 4. The number of nitrogens with zero attached hydrogens (tertiary/aromatic N) is 4. The predicted molar refractivity (Wildman–Crippen MR) is 127 cm³/mol. The maximum Gasteiger partial charge on any atom is 0.322 e. The molecule has 3 heterocycles. The number of hydrogen-bond acceptors (Lipinski definition) is 8. The topological polar surface area (TPSA) is 117 Å². The maximum absolute atomic E-state index is 11.4. The van der Waals surface area contributed by atoms with E-state index in [1.54, 1.807) is 16.8 Å². The van der Waals surface area contributed by atoms with Crippen LogP contribution in [0.4, 0.5) is 5.95 Å². The molecule has 0 saturated carbocycles. The second-order valence-electron chi connectivity index (χ2n) is 8.26. The summed E-state index contributed by atoms with van der Waals surface area (Å²) in [5, 5.41) is 11.1. The predicted octanol–water partition coefficient (Wildman–Crippen LogP) is 2.89. The molecule has 1 aromatic carbocycles. The average Bonchev–Trinajstić information content (AvgIpc) is 3.23. The third-order valence-electron chi connectivity index (χ3n) is 5.49. The van der Waals surface area contributed by atoms with Crippen LogP contribution < -0.4 is 15.4 Å². The third-order valence-corrected chi connectivity index (χ3v) is 7.00. The van der Waals surface area contributed by atoms with Crippen LogP contribution in [0.1, 0.15) is 43.7 Å². The van der Waals surface area contributed by atoms with E-state index in [4.69, 9.17) is 9.52 Å². The highest BCUT2D eigenvalue weighted by Crippen LogP contribution is 2.24. The smallest absolute Gasteiger partial charge is 0.322 e. The number of carbonyl (C=O) groups excluding carboxylic acids is 1. The number of piperidine rings is 1. The van der Waals surface area contributed by atoms with Gasteiger partial charge in [0.05, 0.1) is 6.20 Å². The fourth-order valence-corrected chi connectivity index (χ4v) is 4.78. The van der Waals surface area contributed by atoms with Crippen molar-refractivity contribution in [3.63, 3.8) is 0 Å². The van der Waals surface area contributed by atoms with Crippen molar-refractivity contribution < 1.29 is 9.53 Å². The van der Waals surface area contributed by atoms with E-state index >= 15 is 0 Å². The van der Waals surface area contributed by atoms with Crippen molar-refractivity contribution in [2.24, 2.45) is 0 Å². The van der Waals surface area contributed by atoms with Gasteiger partial charge in [-0.2, -0.15) is 19.6 Å². The Hall–Kier alpha value is -2.98. The van der Waals surface area contributed by atoms with Crippen LogP contribution in [0.3, 0.4) is 0 Å². The van der Waals surface area contributed by atoms with Crippen LogP contribution >= 0.6 is 0 Å². The summed E-state index contributed by atoms with van der Waals surface area (Å²) in [5.41, 5.74) is 3.16. The highest BCUT2D eigenvalue weighted by Gasteiger charge is 2.20. The van der Waals surface area contributed by atoms with Gasteiger partial charge in [-0.25, -0.2) is 0 Å². The maximum atomic E-state index is 11.4. The highest BCUT2D eigenvalue weighted by molar-refractivity contribution is 8.13. The Morgan fingerprint density at radius 2 is 2.22 bits per heavy atom. The first-order valence-electron chi connectivity index (χ1n) is 10.7. The Bertz CT molecular complexity index is 1210. The zero-order chi connectivity index (χ0) is 22.7. The molecule has 170 valence electrons. The molecule has 9 nitrogen and oxygen atoms in total. The molecule has 1 saturated heterocycles. The lowest BCUT2D eigenvalue weighted by Gasteiger charge is -2.23. The SMILES string of the molecule is C=S(=N)(C=O)c1ccccc1CNc1nc(OC2CCCNC2)nc2c(C(C)C)cnn12. The van der Waals surface area contributed by atoms with Gasteiger partial charge in [-0.05, 0) is 36.9 Å². The summed E-state index contributed by atoms with van der Waals surface area (Å²) in [6, 6.07) is 7.69. The largest absolute Gasteiger partial charge is 0.459 e. The molecule has 1 aliphatic rings.